The molecule has 1 aromatic carbocycles. The molecule has 5 heteroatoms. The third-order valence-electron chi connectivity index (χ3n) is 2.78. The summed E-state index contributed by atoms with van der Waals surface area (Å²) in [7, 11) is 1.81. The zero-order valence-corrected chi connectivity index (χ0v) is 13.8. The van der Waals surface area contributed by atoms with Gasteiger partial charge in [-0.05, 0) is 59.3 Å². The van der Waals surface area contributed by atoms with Crippen molar-refractivity contribution in [3.63, 3.8) is 0 Å². The van der Waals surface area contributed by atoms with Crippen molar-refractivity contribution in [2.45, 2.75) is 13.5 Å². The van der Waals surface area contributed by atoms with Gasteiger partial charge in [0.1, 0.15) is 5.75 Å². The van der Waals surface area contributed by atoms with E-state index >= 15 is 0 Å². The first-order chi connectivity index (χ1) is 9.60. The first kappa shape index (κ1) is 15.1. The van der Waals surface area contributed by atoms with Crippen molar-refractivity contribution in [2.24, 2.45) is 0 Å². The predicted molar refractivity (Wildman–Crippen MR) is 85.4 cm³/mol. The molecule has 2 aromatic rings. The van der Waals surface area contributed by atoms with Crippen molar-refractivity contribution in [2.75, 3.05) is 13.7 Å². The Balaban J connectivity index is 2.02. The van der Waals surface area contributed by atoms with Crippen molar-refractivity contribution in [3.05, 3.63) is 50.6 Å². The Morgan fingerprint density at radius 3 is 2.50 bits per heavy atom. The minimum Gasteiger partial charge on any atom is -0.494 e. The summed E-state index contributed by atoms with van der Waals surface area (Å²) in [6.07, 6.45) is 0. The highest BCUT2D eigenvalue weighted by molar-refractivity contribution is 9.11. The molecule has 0 radical (unpaired) electrons. The smallest absolute Gasteiger partial charge is 0.253 e. The fourth-order valence-electron chi connectivity index (χ4n) is 1.82. The molecule has 0 aliphatic heterocycles. The second kappa shape index (κ2) is 6.90. The number of hydrogen-bond donors (Lipinski definition) is 0. The Hall–Kier alpha value is -1.33. The predicted octanol–water partition coefficient (Wildman–Crippen LogP) is 4.18. The number of halogens is 1. The molecule has 0 aliphatic rings. The van der Waals surface area contributed by atoms with Gasteiger partial charge in [-0.3, -0.25) is 4.79 Å². The molecule has 0 bridgehead atoms. The lowest BCUT2D eigenvalue weighted by molar-refractivity contribution is 0.0786. The van der Waals surface area contributed by atoms with E-state index in [1.807, 2.05) is 38.2 Å². The molecule has 1 aromatic heterocycles. The number of rotatable bonds is 5. The number of ether oxygens (including phenoxy) is 1. The lowest BCUT2D eigenvalue weighted by atomic mass is 10.2. The standard InChI is InChI=1S/C15H16BrNO2S/c1-3-19-12-6-4-11(5-7-12)15(18)17(2)10-13-8-9-14(16)20-13/h4-9H,3,10H2,1-2H3. The molecule has 0 atom stereocenters. The number of thiophene rings is 1. The van der Waals surface area contributed by atoms with Crippen molar-refractivity contribution >= 4 is 33.2 Å². The molecule has 0 saturated heterocycles. The number of hydrogen-bond acceptors (Lipinski definition) is 3. The van der Waals surface area contributed by atoms with E-state index in [0.717, 1.165) is 14.4 Å². The van der Waals surface area contributed by atoms with Crippen LogP contribution in [0.1, 0.15) is 22.2 Å². The Morgan fingerprint density at radius 2 is 1.95 bits per heavy atom. The maximum absolute atomic E-state index is 12.3. The molecule has 0 N–H and O–H groups in total. The zero-order valence-electron chi connectivity index (χ0n) is 11.4. The van der Waals surface area contributed by atoms with E-state index in [4.69, 9.17) is 4.74 Å². The van der Waals surface area contributed by atoms with Crippen molar-refractivity contribution < 1.29 is 9.53 Å². The van der Waals surface area contributed by atoms with Gasteiger partial charge in [-0.2, -0.15) is 0 Å². The molecule has 0 spiro atoms. The van der Waals surface area contributed by atoms with E-state index < -0.39 is 0 Å². The van der Waals surface area contributed by atoms with Gasteiger partial charge in [0.15, 0.2) is 0 Å². The third kappa shape index (κ3) is 3.84. The van der Waals surface area contributed by atoms with Crippen LogP contribution in [0.15, 0.2) is 40.2 Å². The van der Waals surface area contributed by atoms with Gasteiger partial charge in [0, 0.05) is 17.5 Å². The van der Waals surface area contributed by atoms with Gasteiger partial charge in [-0.25, -0.2) is 0 Å². The SMILES string of the molecule is CCOc1ccc(C(=O)N(C)Cc2ccc(Br)s2)cc1. The number of carbonyl (C=O) groups excluding carboxylic acids is 1. The normalized spacial score (nSPS) is 10.3. The Labute approximate surface area is 131 Å². The van der Waals surface area contributed by atoms with Crippen LogP contribution in [0, 0.1) is 0 Å². The van der Waals surface area contributed by atoms with E-state index in [1.54, 1.807) is 28.4 Å². The van der Waals surface area contributed by atoms with Crippen molar-refractivity contribution in [1.29, 1.82) is 0 Å². The molecular formula is C15H16BrNO2S. The Morgan fingerprint density at radius 1 is 1.25 bits per heavy atom. The van der Waals surface area contributed by atoms with E-state index in [-0.39, 0.29) is 5.91 Å². The number of nitrogens with zero attached hydrogens (tertiary/aromatic N) is 1. The molecule has 0 saturated carbocycles. The molecule has 1 heterocycles. The highest BCUT2D eigenvalue weighted by atomic mass is 79.9. The lowest BCUT2D eigenvalue weighted by Crippen LogP contribution is -2.25. The zero-order chi connectivity index (χ0) is 14.5. The minimum atomic E-state index is 0.0116. The van der Waals surface area contributed by atoms with Gasteiger partial charge in [-0.1, -0.05) is 0 Å². The van der Waals surface area contributed by atoms with Gasteiger partial charge in [0.2, 0.25) is 0 Å². The summed E-state index contributed by atoms with van der Waals surface area (Å²) < 4.78 is 6.45. The van der Waals surface area contributed by atoms with Crippen LogP contribution in [0.2, 0.25) is 0 Å². The maximum atomic E-state index is 12.3. The molecule has 3 nitrogen and oxygen atoms in total. The second-order valence-electron chi connectivity index (χ2n) is 4.32. The van der Waals surface area contributed by atoms with Gasteiger partial charge in [-0.15, -0.1) is 11.3 Å². The monoisotopic (exact) mass is 353 g/mol. The molecule has 1 amide bonds. The maximum Gasteiger partial charge on any atom is 0.253 e. The lowest BCUT2D eigenvalue weighted by Gasteiger charge is -2.16. The summed E-state index contributed by atoms with van der Waals surface area (Å²) in [6.45, 7) is 3.18. The molecule has 20 heavy (non-hydrogen) atoms. The van der Waals surface area contributed by atoms with Crippen LogP contribution in [-0.2, 0) is 6.54 Å². The van der Waals surface area contributed by atoms with Crippen LogP contribution in [0.5, 0.6) is 5.75 Å². The van der Waals surface area contributed by atoms with E-state index in [1.165, 1.54) is 0 Å². The first-order valence-electron chi connectivity index (χ1n) is 6.32. The molecule has 0 aliphatic carbocycles. The van der Waals surface area contributed by atoms with Crippen LogP contribution >= 0.6 is 27.3 Å². The average Bonchev–Trinajstić information content (AvgIpc) is 2.84. The molecule has 0 unspecified atom stereocenters. The van der Waals surface area contributed by atoms with Crippen molar-refractivity contribution in [3.8, 4) is 5.75 Å². The molecule has 2 rings (SSSR count). The number of amides is 1. The fourth-order valence-corrected chi connectivity index (χ4v) is 3.36. The largest absolute Gasteiger partial charge is 0.494 e. The average molecular weight is 354 g/mol. The summed E-state index contributed by atoms with van der Waals surface area (Å²) in [5, 5.41) is 0. The third-order valence-corrected chi connectivity index (χ3v) is 4.39. The van der Waals surface area contributed by atoms with Gasteiger partial charge < -0.3 is 9.64 Å². The van der Waals surface area contributed by atoms with E-state index in [2.05, 4.69) is 15.9 Å². The van der Waals surface area contributed by atoms with E-state index in [9.17, 15) is 4.79 Å². The number of carbonyl (C=O) groups is 1. The van der Waals surface area contributed by atoms with Crippen molar-refractivity contribution in [1.82, 2.24) is 4.90 Å². The minimum absolute atomic E-state index is 0.0116. The summed E-state index contributed by atoms with van der Waals surface area (Å²) in [4.78, 5) is 15.2. The summed E-state index contributed by atoms with van der Waals surface area (Å²) in [5.74, 6) is 0.798. The topological polar surface area (TPSA) is 29.5 Å². The molecule has 0 fully saturated rings. The Bertz CT molecular complexity index is 580. The van der Waals surface area contributed by atoms with Crippen LogP contribution in [-0.4, -0.2) is 24.5 Å². The second-order valence-corrected chi connectivity index (χ2v) is 6.87. The quantitative estimate of drug-likeness (QED) is 0.806. The molecule has 106 valence electrons. The van der Waals surface area contributed by atoms with Crippen LogP contribution in [0.3, 0.4) is 0 Å². The van der Waals surface area contributed by atoms with E-state index in [0.29, 0.717) is 18.7 Å². The van der Waals surface area contributed by atoms with Crippen LogP contribution < -0.4 is 4.74 Å². The highest BCUT2D eigenvalue weighted by Crippen LogP contribution is 2.23. The first-order valence-corrected chi connectivity index (χ1v) is 7.93. The molecular weight excluding hydrogens is 338 g/mol. The summed E-state index contributed by atoms with van der Waals surface area (Å²) >= 11 is 5.07. The van der Waals surface area contributed by atoms with Crippen LogP contribution in [0.25, 0.3) is 0 Å². The summed E-state index contributed by atoms with van der Waals surface area (Å²) in [5.41, 5.74) is 0.673. The highest BCUT2D eigenvalue weighted by Gasteiger charge is 2.13. The van der Waals surface area contributed by atoms with Gasteiger partial charge in [0.05, 0.1) is 16.9 Å². The fraction of sp³-hybridized carbons (Fsp3) is 0.267. The van der Waals surface area contributed by atoms with Gasteiger partial charge >= 0.3 is 0 Å². The number of benzene rings is 1. The van der Waals surface area contributed by atoms with Gasteiger partial charge in [0.25, 0.3) is 5.91 Å². The van der Waals surface area contributed by atoms with Crippen LogP contribution in [0.4, 0.5) is 0 Å². The Kier molecular flexibility index (Phi) is 5.20. The summed E-state index contributed by atoms with van der Waals surface area (Å²) in [6, 6.07) is 11.3.